The highest BCUT2D eigenvalue weighted by atomic mass is 16.4. The molecule has 0 spiro atoms. The average Bonchev–Trinajstić information content (AvgIpc) is 2.62. The molecule has 24 heavy (non-hydrogen) atoms. The lowest BCUT2D eigenvalue weighted by molar-refractivity contribution is -0.138. The molecule has 1 heterocycles. The zero-order chi connectivity index (χ0) is 16.9. The van der Waals surface area contributed by atoms with Crippen molar-refractivity contribution >= 4 is 12.3 Å². The predicted molar refractivity (Wildman–Crippen MR) is 89.8 cm³/mol. The van der Waals surface area contributed by atoms with Crippen molar-refractivity contribution < 1.29 is 14.7 Å². The van der Waals surface area contributed by atoms with Crippen LogP contribution >= 0.6 is 0 Å². The highest BCUT2D eigenvalue weighted by Crippen LogP contribution is 2.40. The molecule has 124 valence electrons. The van der Waals surface area contributed by atoms with Gasteiger partial charge in [0.2, 0.25) is 0 Å². The number of hydrogen-bond donors (Lipinski definition) is 1. The van der Waals surface area contributed by atoms with Gasteiger partial charge in [-0.15, -0.1) is 0 Å². The van der Waals surface area contributed by atoms with E-state index in [-0.39, 0.29) is 12.3 Å². The molecule has 5 nitrogen and oxygen atoms in total. The zero-order valence-electron chi connectivity index (χ0n) is 13.4. The number of carboxylic acids is 1. The summed E-state index contributed by atoms with van der Waals surface area (Å²) in [4.78, 5) is 30.0. The maximum atomic E-state index is 11.1. The Balaban J connectivity index is 1.79. The molecule has 1 aliphatic rings. The molecule has 0 radical (unpaired) electrons. The fourth-order valence-corrected chi connectivity index (χ4v) is 3.56. The fraction of sp³-hybridized carbons (Fsp3) is 0.368. The van der Waals surface area contributed by atoms with E-state index in [4.69, 9.17) is 5.11 Å². The Morgan fingerprint density at radius 3 is 2.50 bits per heavy atom. The van der Waals surface area contributed by atoms with E-state index in [9.17, 15) is 9.59 Å². The standard InChI is InChI=1S/C19H20N2O3/c22-12-16-10-21-18(11-20-16)14-7-5-13(6-8-14)17-4-2-1-3-15(17)9-19(23)24/h5-8,10-12,15,17H,1-4,9H2,(H,23,24). The van der Waals surface area contributed by atoms with Gasteiger partial charge in [0.25, 0.3) is 0 Å². The van der Waals surface area contributed by atoms with Gasteiger partial charge in [-0.2, -0.15) is 0 Å². The average molecular weight is 324 g/mol. The second-order valence-electron chi connectivity index (χ2n) is 6.32. The molecule has 2 atom stereocenters. The van der Waals surface area contributed by atoms with Crippen LogP contribution in [0.4, 0.5) is 0 Å². The summed E-state index contributed by atoms with van der Waals surface area (Å²) in [6.45, 7) is 0. The molecule has 2 aromatic rings. The number of hydrogen-bond acceptors (Lipinski definition) is 4. The molecule has 1 fully saturated rings. The number of benzene rings is 1. The molecular weight excluding hydrogens is 304 g/mol. The number of nitrogens with zero attached hydrogens (tertiary/aromatic N) is 2. The monoisotopic (exact) mass is 324 g/mol. The third-order valence-electron chi connectivity index (χ3n) is 4.77. The maximum Gasteiger partial charge on any atom is 0.303 e. The minimum absolute atomic E-state index is 0.216. The summed E-state index contributed by atoms with van der Waals surface area (Å²) in [7, 11) is 0. The van der Waals surface area contributed by atoms with Crippen molar-refractivity contribution in [1.29, 1.82) is 0 Å². The van der Waals surface area contributed by atoms with E-state index in [1.165, 1.54) is 11.8 Å². The van der Waals surface area contributed by atoms with Crippen LogP contribution in [-0.4, -0.2) is 27.3 Å². The Bertz CT molecular complexity index is 710. The highest BCUT2D eigenvalue weighted by Gasteiger charge is 2.28. The molecule has 0 saturated heterocycles. The Hall–Kier alpha value is -2.56. The Morgan fingerprint density at radius 2 is 1.88 bits per heavy atom. The van der Waals surface area contributed by atoms with E-state index in [1.807, 2.05) is 12.1 Å². The van der Waals surface area contributed by atoms with Crippen LogP contribution in [0, 0.1) is 5.92 Å². The number of rotatable bonds is 5. The van der Waals surface area contributed by atoms with Crippen LogP contribution in [-0.2, 0) is 4.79 Å². The Labute approximate surface area is 140 Å². The molecule has 1 aromatic heterocycles. The van der Waals surface area contributed by atoms with Crippen LogP contribution in [0.25, 0.3) is 11.3 Å². The summed E-state index contributed by atoms with van der Waals surface area (Å²) < 4.78 is 0. The van der Waals surface area contributed by atoms with E-state index in [2.05, 4.69) is 22.1 Å². The minimum Gasteiger partial charge on any atom is -0.481 e. The number of aldehydes is 1. The predicted octanol–water partition coefficient (Wildman–Crippen LogP) is 3.70. The van der Waals surface area contributed by atoms with Crippen molar-refractivity contribution in [1.82, 2.24) is 9.97 Å². The van der Waals surface area contributed by atoms with E-state index in [0.29, 0.717) is 17.9 Å². The molecule has 5 heteroatoms. The number of carbonyl (C=O) groups excluding carboxylic acids is 1. The van der Waals surface area contributed by atoms with Crippen LogP contribution in [0.1, 0.15) is 54.1 Å². The zero-order valence-corrected chi connectivity index (χ0v) is 13.4. The van der Waals surface area contributed by atoms with Crippen LogP contribution in [0.3, 0.4) is 0 Å². The summed E-state index contributed by atoms with van der Waals surface area (Å²) in [6.07, 6.45) is 8.26. The lowest BCUT2D eigenvalue weighted by Crippen LogP contribution is -2.20. The number of carbonyl (C=O) groups is 2. The van der Waals surface area contributed by atoms with Crippen molar-refractivity contribution in [2.45, 2.75) is 38.0 Å². The van der Waals surface area contributed by atoms with Crippen molar-refractivity contribution in [2.24, 2.45) is 5.92 Å². The Kier molecular flexibility index (Phi) is 4.99. The van der Waals surface area contributed by atoms with E-state index >= 15 is 0 Å². The largest absolute Gasteiger partial charge is 0.481 e. The molecule has 2 unspecified atom stereocenters. The van der Waals surface area contributed by atoms with Gasteiger partial charge >= 0.3 is 5.97 Å². The van der Waals surface area contributed by atoms with Crippen molar-refractivity contribution in [3.63, 3.8) is 0 Å². The summed E-state index contributed by atoms with van der Waals surface area (Å²) in [5.74, 6) is -0.185. The van der Waals surface area contributed by atoms with Gasteiger partial charge in [0.05, 0.1) is 18.1 Å². The van der Waals surface area contributed by atoms with Crippen molar-refractivity contribution in [2.75, 3.05) is 0 Å². The maximum absolute atomic E-state index is 11.1. The van der Waals surface area contributed by atoms with Gasteiger partial charge < -0.3 is 5.11 Å². The first-order valence-electron chi connectivity index (χ1n) is 8.26. The van der Waals surface area contributed by atoms with Gasteiger partial charge in [-0.1, -0.05) is 37.1 Å². The van der Waals surface area contributed by atoms with Crippen molar-refractivity contribution in [3.8, 4) is 11.3 Å². The van der Waals surface area contributed by atoms with Gasteiger partial charge in [0.15, 0.2) is 6.29 Å². The van der Waals surface area contributed by atoms with Gasteiger partial charge in [-0.3, -0.25) is 14.6 Å². The topological polar surface area (TPSA) is 80.2 Å². The summed E-state index contributed by atoms with van der Waals surface area (Å²) in [5.41, 5.74) is 3.17. The van der Waals surface area contributed by atoms with Gasteiger partial charge in [-0.25, -0.2) is 4.98 Å². The fourth-order valence-electron chi connectivity index (χ4n) is 3.56. The summed E-state index contributed by atoms with van der Waals surface area (Å²) >= 11 is 0. The number of aromatic nitrogens is 2. The molecule has 0 aliphatic heterocycles. The smallest absolute Gasteiger partial charge is 0.303 e. The SMILES string of the molecule is O=Cc1cnc(-c2ccc(C3CCCCC3CC(=O)O)cc2)cn1. The third-order valence-corrected chi connectivity index (χ3v) is 4.77. The molecule has 1 N–H and O–H groups in total. The summed E-state index contributed by atoms with van der Waals surface area (Å²) in [5, 5.41) is 9.13. The first-order valence-corrected chi connectivity index (χ1v) is 8.26. The minimum atomic E-state index is -0.714. The van der Waals surface area contributed by atoms with Crippen LogP contribution in [0.2, 0.25) is 0 Å². The Morgan fingerprint density at radius 1 is 1.12 bits per heavy atom. The molecular formula is C19H20N2O3. The molecule has 1 aromatic carbocycles. The molecule has 0 bridgehead atoms. The first kappa shape index (κ1) is 16.3. The second kappa shape index (κ2) is 7.34. The number of carboxylic acid groups (broad SMARTS) is 1. The molecule has 0 amide bonds. The van der Waals surface area contributed by atoms with E-state index in [1.54, 1.807) is 6.20 Å². The quantitative estimate of drug-likeness (QED) is 0.848. The van der Waals surface area contributed by atoms with Crippen molar-refractivity contribution in [3.05, 3.63) is 47.9 Å². The lowest BCUT2D eigenvalue weighted by Gasteiger charge is -2.31. The molecule has 3 rings (SSSR count). The lowest BCUT2D eigenvalue weighted by atomic mass is 9.74. The van der Waals surface area contributed by atoms with Crippen LogP contribution in [0.5, 0.6) is 0 Å². The van der Waals surface area contributed by atoms with Gasteiger partial charge in [-0.05, 0) is 30.2 Å². The van der Waals surface area contributed by atoms with Gasteiger partial charge in [0.1, 0.15) is 5.69 Å². The van der Waals surface area contributed by atoms with Crippen LogP contribution in [0.15, 0.2) is 36.7 Å². The first-order chi connectivity index (χ1) is 11.7. The van der Waals surface area contributed by atoms with Crippen LogP contribution < -0.4 is 0 Å². The second-order valence-corrected chi connectivity index (χ2v) is 6.32. The normalized spacial score (nSPS) is 20.5. The van der Waals surface area contributed by atoms with Gasteiger partial charge in [0, 0.05) is 12.0 Å². The number of aliphatic carboxylic acids is 1. The molecule has 1 saturated carbocycles. The summed E-state index contributed by atoms with van der Waals surface area (Å²) in [6, 6.07) is 8.11. The van der Waals surface area contributed by atoms with E-state index in [0.717, 1.165) is 36.9 Å². The van der Waals surface area contributed by atoms with E-state index < -0.39 is 5.97 Å². The molecule has 1 aliphatic carbocycles. The third kappa shape index (κ3) is 3.67. The highest BCUT2D eigenvalue weighted by molar-refractivity contribution is 5.71.